The molecule has 82 valence electrons. The summed E-state index contributed by atoms with van der Waals surface area (Å²) in [6.07, 6.45) is -7.36. The van der Waals surface area contributed by atoms with Gasteiger partial charge in [0, 0.05) is 6.54 Å². The van der Waals surface area contributed by atoms with E-state index < -0.39 is 31.6 Å². The Morgan fingerprint density at radius 3 is 2.07 bits per heavy atom. The van der Waals surface area contributed by atoms with E-state index in [1.807, 2.05) is 0 Å². The molecular formula is C7H9F5N2. The minimum Gasteiger partial charge on any atom is -0.299 e. The maximum atomic E-state index is 12.0. The number of hydrogen-bond donors (Lipinski definition) is 0. The minimum absolute atomic E-state index is 0.732. The first-order chi connectivity index (χ1) is 6.27. The lowest BCUT2D eigenvalue weighted by Crippen LogP contribution is -2.36. The summed E-state index contributed by atoms with van der Waals surface area (Å²) < 4.78 is 59.4. The first-order valence-corrected chi connectivity index (χ1v) is 3.70. The number of rotatable bonds is 4. The van der Waals surface area contributed by atoms with Gasteiger partial charge in [-0.15, -0.1) is 0 Å². The molecule has 0 radical (unpaired) electrons. The van der Waals surface area contributed by atoms with Crippen molar-refractivity contribution < 1.29 is 22.0 Å². The van der Waals surface area contributed by atoms with Crippen LogP contribution in [0.25, 0.3) is 0 Å². The van der Waals surface area contributed by atoms with E-state index in [9.17, 15) is 22.0 Å². The molecule has 0 saturated heterocycles. The van der Waals surface area contributed by atoms with Crippen LogP contribution in [0.3, 0.4) is 0 Å². The smallest absolute Gasteiger partial charge is 0.299 e. The van der Waals surface area contributed by atoms with Gasteiger partial charge < -0.3 is 0 Å². The van der Waals surface area contributed by atoms with Crippen LogP contribution in [0.5, 0.6) is 0 Å². The number of nitriles is 1. The van der Waals surface area contributed by atoms with Crippen molar-refractivity contribution in [3.63, 3.8) is 0 Å². The van der Waals surface area contributed by atoms with Gasteiger partial charge in [0.1, 0.15) is 0 Å². The molecule has 1 unspecified atom stereocenters. The Hall–Kier alpha value is -0.900. The lowest BCUT2D eigenvalue weighted by atomic mass is 10.1. The van der Waals surface area contributed by atoms with Crippen molar-refractivity contribution in [2.24, 2.45) is 5.92 Å². The molecule has 14 heavy (non-hydrogen) atoms. The lowest BCUT2D eigenvalue weighted by Gasteiger charge is -2.20. The summed E-state index contributed by atoms with van der Waals surface area (Å²) in [6.45, 7) is -1.50. The van der Waals surface area contributed by atoms with E-state index in [1.165, 1.54) is 0 Å². The van der Waals surface area contributed by atoms with Crippen LogP contribution in [0.1, 0.15) is 0 Å². The monoisotopic (exact) mass is 216 g/mol. The van der Waals surface area contributed by atoms with Gasteiger partial charge in [-0.25, -0.2) is 8.78 Å². The second-order valence-corrected chi connectivity index (χ2v) is 2.84. The second kappa shape index (κ2) is 5.10. The Labute approximate surface area is 77.9 Å². The molecule has 0 spiro atoms. The number of halogens is 5. The fraction of sp³-hybridized carbons (Fsp3) is 0.857. The Morgan fingerprint density at radius 2 is 1.79 bits per heavy atom. The van der Waals surface area contributed by atoms with Crippen molar-refractivity contribution in [1.29, 1.82) is 5.26 Å². The van der Waals surface area contributed by atoms with Gasteiger partial charge in [0.25, 0.3) is 6.43 Å². The topological polar surface area (TPSA) is 27.0 Å². The summed E-state index contributed by atoms with van der Waals surface area (Å²) in [4.78, 5) is 0.784. The van der Waals surface area contributed by atoms with Gasteiger partial charge in [-0.2, -0.15) is 18.4 Å². The number of hydrogen-bond acceptors (Lipinski definition) is 2. The van der Waals surface area contributed by atoms with Crippen LogP contribution >= 0.6 is 0 Å². The van der Waals surface area contributed by atoms with Gasteiger partial charge in [-0.05, 0) is 7.05 Å². The van der Waals surface area contributed by atoms with E-state index in [2.05, 4.69) is 0 Å². The largest absolute Gasteiger partial charge is 0.405 e. The Bertz CT molecular complexity index is 207. The predicted molar refractivity (Wildman–Crippen MR) is 38.7 cm³/mol. The molecule has 0 rings (SSSR count). The quantitative estimate of drug-likeness (QED) is 0.671. The molecular weight excluding hydrogens is 207 g/mol. The summed E-state index contributed by atoms with van der Waals surface area (Å²) in [5, 5.41) is 8.16. The molecule has 2 nitrogen and oxygen atoms in total. The van der Waals surface area contributed by atoms with Gasteiger partial charge in [-0.1, -0.05) is 0 Å². The van der Waals surface area contributed by atoms with E-state index >= 15 is 0 Å². The van der Waals surface area contributed by atoms with Gasteiger partial charge in [0.15, 0.2) is 5.92 Å². The van der Waals surface area contributed by atoms with Crippen LogP contribution in [0, 0.1) is 17.2 Å². The Morgan fingerprint density at radius 1 is 1.29 bits per heavy atom. The highest BCUT2D eigenvalue weighted by molar-refractivity contribution is 4.90. The standard InChI is InChI=1S/C7H9F5N2/c1-14(4-6(8)9)3-5(2-13)7(10,11)12/h5-6H,3-4H2,1H3. The molecule has 0 saturated carbocycles. The molecule has 0 fully saturated rings. The zero-order chi connectivity index (χ0) is 11.4. The average molecular weight is 216 g/mol. The average Bonchev–Trinajstić information content (AvgIpc) is 1.96. The van der Waals surface area contributed by atoms with Gasteiger partial charge in [0.05, 0.1) is 12.6 Å². The van der Waals surface area contributed by atoms with Crippen molar-refractivity contribution in [2.75, 3.05) is 20.1 Å². The lowest BCUT2D eigenvalue weighted by molar-refractivity contribution is -0.163. The fourth-order valence-electron chi connectivity index (χ4n) is 0.839. The zero-order valence-electron chi connectivity index (χ0n) is 7.35. The fourth-order valence-corrected chi connectivity index (χ4v) is 0.839. The highest BCUT2D eigenvalue weighted by atomic mass is 19.4. The maximum absolute atomic E-state index is 12.0. The van der Waals surface area contributed by atoms with E-state index in [4.69, 9.17) is 5.26 Å². The van der Waals surface area contributed by atoms with Crippen molar-refractivity contribution >= 4 is 0 Å². The third kappa shape index (κ3) is 4.97. The van der Waals surface area contributed by atoms with Gasteiger partial charge in [-0.3, -0.25) is 4.90 Å². The van der Waals surface area contributed by atoms with Crippen molar-refractivity contribution in [3.05, 3.63) is 0 Å². The third-order valence-corrected chi connectivity index (χ3v) is 1.49. The van der Waals surface area contributed by atoms with Crippen LogP contribution in [0.15, 0.2) is 0 Å². The first kappa shape index (κ1) is 13.1. The van der Waals surface area contributed by atoms with Crippen LogP contribution in [0.4, 0.5) is 22.0 Å². The molecule has 0 heterocycles. The molecule has 0 aliphatic heterocycles. The summed E-state index contributed by atoms with van der Waals surface area (Å²) in [7, 11) is 1.11. The zero-order valence-corrected chi connectivity index (χ0v) is 7.35. The Balaban J connectivity index is 4.15. The van der Waals surface area contributed by atoms with Crippen LogP contribution in [-0.2, 0) is 0 Å². The summed E-state index contributed by atoms with van der Waals surface area (Å²) >= 11 is 0. The van der Waals surface area contributed by atoms with Crippen LogP contribution < -0.4 is 0 Å². The minimum atomic E-state index is -4.66. The molecule has 0 aliphatic carbocycles. The molecule has 0 bridgehead atoms. The summed E-state index contributed by atoms with van der Waals surface area (Å²) in [5.74, 6) is -2.22. The number of nitrogens with zero attached hydrogens (tertiary/aromatic N) is 2. The van der Waals surface area contributed by atoms with Gasteiger partial charge >= 0.3 is 6.18 Å². The highest BCUT2D eigenvalue weighted by Crippen LogP contribution is 2.26. The normalized spacial score (nSPS) is 14.5. The second-order valence-electron chi connectivity index (χ2n) is 2.84. The van der Waals surface area contributed by atoms with Crippen molar-refractivity contribution in [3.8, 4) is 6.07 Å². The van der Waals surface area contributed by atoms with E-state index in [0.717, 1.165) is 18.0 Å². The third-order valence-electron chi connectivity index (χ3n) is 1.49. The van der Waals surface area contributed by atoms with E-state index in [-0.39, 0.29) is 0 Å². The number of alkyl halides is 5. The van der Waals surface area contributed by atoms with Crippen molar-refractivity contribution in [1.82, 2.24) is 4.90 Å². The van der Waals surface area contributed by atoms with Crippen LogP contribution in [-0.4, -0.2) is 37.6 Å². The maximum Gasteiger partial charge on any atom is 0.405 e. The van der Waals surface area contributed by atoms with Gasteiger partial charge in [0.2, 0.25) is 0 Å². The van der Waals surface area contributed by atoms with Crippen LogP contribution in [0.2, 0.25) is 0 Å². The molecule has 1 atom stereocenters. The highest BCUT2D eigenvalue weighted by Gasteiger charge is 2.40. The Kier molecular flexibility index (Phi) is 4.77. The molecule has 0 aromatic rings. The van der Waals surface area contributed by atoms with E-state index in [1.54, 1.807) is 0 Å². The molecule has 7 heteroatoms. The SMILES string of the molecule is CN(CC(F)F)CC(C#N)C(F)(F)F. The summed E-state index contributed by atoms with van der Waals surface area (Å²) in [5.41, 5.74) is 0. The molecule has 0 N–H and O–H groups in total. The van der Waals surface area contributed by atoms with E-state index in [0.29, 0.717) is 0 Å². The molecule has 0 aromatic heterocycles. The van der Waals surface area contributed by atoms with Crippen molar-refractivity contribution in [2.45, 2.75) is 12.6 Å². The predicted octanol–water partition coefficient (Wildman–Crippen LogP) is 1.89. The molecule has 0 aromatic carbocycles. The molecule has 0 amide bonds. The summed E-state index contributed by atoms with van der Waals surface area (Å²) in [6, 6.07) is 1.03. The molecule has 0 aliphatic rings. The first-order valence-electron chi connectivity index (χ1n) is 3.70.